The van der Waals surface area contributed by atoms with Gasteiger partial charge in [0.05, 0.1) is 24.3 Å². The maximum atomic E-state index is 13.7. The van der Waals surface area contributed by atoms with Crippen LogP contribution in [-0.4, -0.2) is 35.7 Å². The number of rotatable bonds is 8. The third kappa shape index (κ3) is 6.10. The summed E-state index contributed by atoms with van der Waals surface area (Å²) < 4.78 is 11.5. The van der Waals surface area contributed by atoms with Gasteiger partial charge < -0.3 is 9.47 Å². The maximum absolute atomic E-state index is 13.7. The fraction of sp³-hybridized carbons (Fsp3) is 0.448. The zero-order valence-electron chi connectivity index (χ0n) is 21.3. The number of amides is 1. The van der Waals surface area contributed by atoms with E-state index in [2.05, 4.69) is 26.8 Å². The normalized spacial score (nSPS) is 19.2. The number of aryl methyl sites for hydroxylation is 1. The fourth-order valence-corrected chi connectivity index (χ4v) is 5.60. The van der Waals surface area contributed by atoms with Gasteiger partial charge in [-0.1, -0.05) is 64.3 Å². The Hall–Kier alpha value is -2.73. The van der Waals surface area contributed by atoms with E-state index in [-0.39, 0.29) is 11.9 Å². The molecule has 2 fully saturated rings. The molecular weight excluding hydrogens is 456 g/mol. The first-order valence-corrected chi connectivity index (χ1v) is 13.5. The number of ether oxygens (including phenoxy) is 2. The second-order valence-electron chi connectivity index (χ2n) is 9.57. The lowest BCUT2D eigenvalue weighted by molar-refractivity contribution is -0.124. The van der Waals surface area contributed by atoms with Crippen LogP contribution in [0.3, 0.4) is 0 Å². The Kier molecular flexibility index (Phi) is 8.55. The highest BCUT2D eigenvalue weighted by Crippen LogP contribution is 2.39. The average molecular weight is 493 g/mol. The summed E-state index contributed by atoms with van der Waals surface area (Å²) in [7, 11) is 1.64. The molecule has 1 aliphatic heterocycles. The molecule has 2 aromatic rings. The van der Waals surface area contributed by atoms with Gasteiger partial charge in [-0.25, -0.2) is 4.99 Å². The number of hydrogen-bond donors (Lipinski definition) is 0. The summed E-state index contributed by atoms with van der Waals surface area (Å²) in [6, 6.07) is 14.2. The van der Waals surface area contributed by atoms with Crippen LogP contribution >= 0.6 is 11.8 Å². The second kappa shape index (κ2) is 11.8. The number of benzene rings is 2. The fourth-order valence-electron chi connectivity index (χ4n) is 4.55. The van der Waals surface area contributed by atoms with E-state index < -0.39 is 0 Å². The molecule has 0 unspecified atom stereocenters. The summed E-state index contributed by atoms with van der Waals surface area (Å²) in [5.41, 5.74) is 3.05. The van der Waals surface area contributed by atoms with Gasteiger partial charge in [0, 0.05) is 6.04 Å². The molecule has 6 heteroatoms. The minimum Gasteiger partial charge on any atom is -0.493 e. The molecule has 0 bridgehead atoms. The summed E-state index contributed by atoms with van der Waals surface area (Å²) in [5, 5.41) is 0.790. The molecule has 0 radical (unpaired) electrons. The number of nitrogens with zero attached hydrogens (tertiary/aromatic N) is 2. The van der Waals surface area contributed by atoms with E-state index >= 15 is 0 Å². The van der Waals surface area contributed by atoms with Crippen molar-refractivity contribution in [3.05, 3.63) is 58.5 Å². The summed E-state index contributed by atoms with van der Waals surface area (Å²) in [6.07, 6.45) is 8.48. The lowest BCUT2D eigenvalue weighted by Gasteiger charge is -2.30. The van der Waals surface area contributed by atoms with Crippen LogP contribution < -0.4 is 9.47 Å². The Labute approximate surface area is 213 Å². The molecule has 0 atom stereocenters. The monoisotopic (exact) mass is 492 g/mol. The van der Waals surface area contributed by atoms with E-state index in [0.717, 1.165) is 54.3 Å². The van der Waals surface area contributed by atoms with Crippen LogP contribution in [0.5, 0.6) is 11.5 Å². The third-order valence-electron chi connectivity index (χ3n) is 6.42. The van der Waals surface area contributed by atoms with Gasteiger partial charge in [0.2, 0.25) is 0 Å². The first-order valence-electron chi connectivity index (χ1n) is 12.7. The van der Waals surface area contributed by atoms with Gasteiger partial charge in [0.15, 0.2) is 16.7 Å². The van der Waals surface area contributed by atoms with Crippen LogP contribution in [0.1, 0.15) is 64.0 Å². The van der Waals surface area contributed by atoms with E-state index in [1.54, 1.807) is 7.11 Å². The molecule has 0 aromatic heterocycles. The van der Waals surface area contributed by atoms with Gasteiger partial charge in [-0.05, 0) is 72.3 Å². The van der Waals surface area contributed by atoms with Crippen molar-refractivity contribution in [2.24, 2.45) is 10.9 Å². The van der Waals surface area contributed by atoms with Crippen LogP contribution in [0.15, 0.2) is 52.4 Å². The van der Waals surface area contributed by atoms with Crippen molar-refractivity contribution in [1.29, 1.82) is 0 Å². The molecule has 186 valence electrons. The van der Waals surface area contributed by atoms with Crippen LogP contribution in [0.4, 0.5) is 5.69 Å². The topological polar surface area (TPSA) is 51.1 Å². The van der Waals surface area contributed by atoms with Crippen LogP contribution in [0.25, 0.3) is 6.08 Å². The predicted octanol–water partition coefficient (Wildman–Crippen LogP) is 7.23. The van der Waals surface area contributed by atoms with Crippen LogP contribution in [-0.2, 0) is 11.2 Å². The number of thioether (sulfide) groups is 1. The van der Waals surface area contributed by atoms with E-state index in [1.165, 1.54) is 23.7 Å². The van der Waals surface area contributed by atoms with Gasteiger partial charge in [-0.2, -0.15) is 0 Å². The van der Waals surface area contributed by atoms with Crippen LogP contribution in [0, 0.1) is 5.92 Å². The molecular formula is C29H36N2O3S. The highest BCUT2D eigenvalue weighted by Gasteiger charge is 2.38. The van der Waals surface area contributed by atoms with Crippen molar-refractivity contribution in [2.45, 2.75) is 65.3 Å². The van der Waals surface area contributed by atoms with Crippen molar-refractivity contribution < 1.29 is 14.3 Å². The molecule has 0 spiro atoms. The third-order valence-corrected chi connectivity index (χ3v) is 7.41. The number of para-hydroxylation sites is 1. The lowest BCUT2D eigenvalue weighted by atomic mass is 9.94. The Bertz CT molecular complexity index is 1100. The highest BCUT2D eigenvalue weighted by molar-refractivity contribution is 8.18. The predicted molar refractivity (Wildman–Crippen MR) is 146 cm³/mol. The Balaban J connectivity index is 1.67. The van der Waals surface area contributed by atoms with Gasteiger partial charge in [-0.3, -0.25) is 9.69 Å². The first-order chi connectivity index (χ1) is 17.0. The van der Waals surface area contributed by atoms with E-state index in [1.807, 2.05) is 47.4 Å². The quantitative estimate of drug-likeness (QED) is 0.365. The number of carbonyl (C=O) groups excluding carboxylic acids is 1. The second-order valence-corrected chi connectivity index (χ2v) is 10.6. The minimum atomic E-state index is 0.0498. The van der Waals surface area contributed by atoms with Gasteiger partial charge in [0.25, 0.3) is 5.91 Å². The number of aliphatic imine (C=N–C) groups is 1. The molecule has 2 aliphatic rings. The minimum absolute atomic E-state index is 0.0498. The molecule has 4 rings (SSSR count). The molecule has 1 amide bonds. The van der Waals surface area contributed by atoms with E-state index in [4.69, 9.17) is 14.5 Å². The van der Waals surface area contributed by atoms with Crippen molar-refractivity contribution in [3.8, 4) is 11.5 Å². The average Bonchev–Trinajstić information content (AvgIpc) is 3.17. The Morgan fingerprint density at radius 1 is 1.11 bits per heavy atom. The lowest BCUT2D eigenvalue weighted by Crippen LogP contribution is -2.40. The molecule has 0 N–H and O–H groups in total. The van der Waals surface area contributed by atoms with Gasteiger partial charge >= 0.3 is 0 Å². The summed E-state index contributed by atoms with van der Waals surface area (Å²) in [5.74, 6) is 1.87. The van der Waals surface area contributed by atoms with Crippen molar-refractivity contribution in [2.75, 3.05) is 13.7 Å². The van der Waals surface area contributed by atoms with Crippen molar-refractivity contribution in [1.82, 2.24) is 4.90 Å². The smallest absolute Gasteiger partial charge is 0.267 e. The number of hydrogen-bond acceptors (Lipinski definition) is 5. The molecule has 1 saturated heterocycles. The van der Waals surface area contributed by atoms with Crippen molar-refractivity contribution >= 4 is 34.6 Å². The Morgan fingerprint density at radius 2 is 1.89 bits per heavy atom. The standard InChI is InChI=1S/C29H36N2O3S/c1-5-22-11-9-10-14-24(22)30-29-31(23-12-7-6-8-13-23)28(32)27(35-29)18-21-15-16-25(26(17-21)33-4)34-19-20(2)3/h9-11,14-18,20,23H,5-8,12-13,19H2,1-4H3/b27-18+,30-29?. The molecule has 5 nitrogen and oxygen atoms in total. The molecule has 2 aromatic carbocycles. The molecule has 1 saturated carbocycles. The SMILES string of the molecule is CCc1ccccc1N=C1S/C(=C/c2ccc(OCC(C)C)c(OC)c2)C(=O)N1C1CCCCC1. The highest BCUT2D eigenvalue weighted by atomic mass is 32.2. The zero-order valence-corrected chi connectivity index (χ0v) is 22.1. The van der Waals surface area contributed by atoms with Gasteiger partial charge in [-0.15, -0.1) is 0 Å². The summed E-state index contributed by atoms with van der Waals surface area (Å²) in [4.78, 5) is 21.3. The number of carbonyl (C=O) groups is 1. The number of methoxy groups -OCH3 is 1. The van der Waals surface area contributed by atoms with E-state index in [0.29, 0.717) is 23.2 Å². The molecule has 35 heavy (non-hydrogen) atoms. The summed E-state index contributed by atoms with van der Waals surface area (Å²) >= 11 is 1.48. The molecule has 1 aliphatic carbocycles. The molecule has 1 heterocycles. The van der Waals surface area contributed by atoms with Crippen LogP contribution in [0.2, 0.25) is 0 Å². The Morgan fingerprint density at radius 3 is 2.60 bits per heavy atom. The van der Waals surface area contributed by atoms with E-state index in [9.17, 15) is 4.79 Å². The van der Waals surface area contributed by atoms with Gasteiger partial charge in [0.1, 0.15) is 0 Å². The summed E-state index contributed by atoms with van der Waals surface area (Å²) in [6.45, 7) is 6.99. The van der Waals surface area contributed by atoms with Crippen molar-refractivity contribution in [3.63, 3.8) is 0 Å². The zero-order chi connectivity index (χ0) is 24.8. The maximum Gasteiger partial charge on any atom is 0.267 e. The first kappa shape index (κ1) is 25.4. The largest absolute Gasteiger partial charge is 0.493 e. The number of amidine groups is 1.